The summed E-state index contributed by atoms with van der Waals surface area (Å²) in [6.45, 7) is 5.77. The second-order valence-corrected chi connectivity index (χ2v) is 9.13. The highest BCUT2D eigenvalue weighted by Crippen LogP contribution is 2.27. The highest BCUT2D eigenvalue weighted by atomic mass is 32.1. The molecule has 8 nitrogen and oxygen atoms in total. The van der Waals surface area contributed by atoms with Crippen LogP contribution in [0.3, 0.4) is 0 Å². The van der Waals surface area contributed by atoms with Crippen LogP contribution in [0.5, 0.6) is 0 Å². The van der Waals surface area contributed by atoms with Crippen molar-refractivity contribution in [2.45, 2.75) is 6.92 Å². The summed E-state index contributed by atoms with van der Waals surface area (Å²) < 4.78 is 0. The maximum atomic E-state index is 12.9. The molecule has 162 valence electrons. The summed E-state index contributed by atoms with van der Waals surface area (Å²) in [6.07, 6.45) is 5.25. The summed E-state index contributed by atoms with van der Waals surface area (Å²) in [5.41, 5.74) is 2.29. The van der Waals surface area contributed by atoms with E-state index in [0.29, 0.717) is 5.56 Å². The molecule has 1 fully saturated rings. The molecule has 1 aliphatic rings. The summed E-state index contributed by atoms with van der Waals surface area (Å²) in [7, 11) is 2.11. The normalized spacial score (nSPS) is 14.6. The molecule has 4 aromatic rings. The predicted molar refractivity (Wildman–Crippen MR) is 127 cm³/mol. The zero-order chi connectivity index (χ0) is 22.1. The third-order valence-corrected chi connectivity index (χ3v) is 6.47. The third kappa shape index (κ3) is 4.30. The first kappa shape index (κ1) is 20.5. The minimum atomic E-state index is -0.256. The number of benzene rings is 1. The largest absolute Gasteiger partial charge is 0.354 e. The highest BCUT2D eigenvalue weighted by Gasteiger charge is 2.17. The average Bonchev–Trinajstić information content (AvgIpc) is 3.25. The Morgan fingerprint density at radius 3 is 2.66 bits per heavy atom. The van der Waals surface area contributed by atoms with E-state index in [4.69, 9.17) is 0 Å². The number of hydrogen-bond acceptors (Lipinski definition) is 8. The number of nitrogens with one attached hydrogen (secondary N) is 1. The van der Waals surface area contributed by atoms with Gasteiger partial charge in [-0.1, -0.05) is 12.1 Å². The van der Waals surface area contributed by atoms with Crippen molar-refractivity contribution in [1.82, 2.24) is 24.8 Å². The number of piperazine rings is 1. The summed E-state index contributed by atoms with van der Waals surface area (Å²) in [4.78, 5) is 36.3. The number of anilines is 2. The quantitative estimate of drug-likeness (QED) is 0.515. The van der Waals surface area contributed by atoms with Gasteiger partial charge in [0.05, 0.1) is 5.52 Å². The molecule has 32 heavy (non-hydrogen) atoms. The molecule has 3 aromatic heterocycles. The number of thiazole rings is 1. The molecule has 5 rings (SSSR count). The molecule has 1 amide bonds. The SMILES string of the molecule is Cc1cnc(-c2ccc3cnc(NC(=O)c4ccnc(N5CCN(C)CC5)c4)nc3c2)s1. The monoisotopic (exact) mass is 445 g/mol. The number of carbonyl (C=O) groups is 1. The lowest BCUT2D eigenvalue weighted by Crippen LogP contribution is -2.44. The Morgan fingerprint density at radius 1 is 1.03 bits per heavy atom. The summed E-state index contributed by atoms with van der Waals surface area (Å²) in [6, 6.07) is 9.49. The van der Waals surface area contributed by atoms with E-state index >= 15 is 0 Å². The Hall–Kier alpha value is -3.43. The number of likely N-dealkylation sites (N-methyl/N-ethyl adjacent to an activating group) is 1. The van der Waals surface area contributed by atoms with Gasteiger partial charge in [0.2, 0.25) is 5.95 Å². The topological polar surface area (TPSA) is 87.1 Å². The van der Waals surface area contributed by atoms with Crippen LogP contribution in [-0.2, 0) is 0 Å². The van der Waals surface area contributed by atoms with Gasteiger partial charge in [0.1, 0.15) is 10.8 Å². The molecule has 1 aliphatic heterocycles. The van der Waals surface area contributed by atoms with Gasteiger partial charge >= 0.3 is 0 Å². The molecule has 1 N–H and O–H groups in total. The fourth-order valence-electron chi connectivity index (χ4n) is 3.65. The third-order valence-electron chi connectivity index (χ3n) is 5.51. The minimum absolute atomic E-state index is 0.256. The zero-order valence-corrected chi connectivity index (χ0v) is 18.8. The van der Waals surface area contributed by atoms with E-state index in [9.17, 15) is 4.79 Å². The molecule has 0 aliphatic carbocycles. The van der Waals surface area contributed by atoms with Crippen molar-refractivity contribution in [3.8, 4) is 10.6 Å². The van der Waals surface area contributed by atoms with Crippen LogP contribution in [0.15, 0.2) is 48.9 Å². The van der Waals surface area contributed by atoms with Crippen LogP contribution < -0.4 is 10.2 Å². The van der Waals surface area contributed by atoms with Crippen molar-refractivity contribution in [3.63, 3.8) is 0 Å². The smallest absolute Gasteiger partial charge is 0.258 e. The van der Waals surface area contributed by atoms with Gasteiger partial charge in [0, 0.05) is 66.2 Å². The maximum Gasteiger partial charge on any atom is 0.258 e. The number of amides is 1. The standard InChI is InChI=1S/C23H23N7OS/c1-15-13-25-22(32-15)17-3-4-18-14-26-23(27-19(18)11-17)28-21(31)16-5-6-24-20(12-16)30-9-7-29(2)8-10-30/h3-6,11-14H,7-10H2,1-2H3,(H,26,27,28,31). The van der Waals surface area contributed by atoms with Crippen molar-refractivity contribution in [1.29, 1.82) is 0 Å². The van der Waals surface area contributed by atoms with E-state index in [1.54, 1.807) is 29.8 Å². The molecule has 0 saturated carbocycles. The van der Waals surface area contributed by atoms with Crippen LogP contribution in [0.4, 0.5) is 11.8 Å². The second-order valence-electron chi connectivity index (χ2n) is 7.89. The van der Waals surface area contributed by atoms with E-state index in [1.165, 1.54) is 0 Å². The van der Waals surface area contributed by atoms with Gasteiger partial charge in [-0.25, -0.2) is 19.9 Å². The molecule has 0 spiro atoms. The average molecular weight is 446 g/mol. The number of aromatic nitrogens is 4. The van der Waals surface area contributed by atoms with Crippen molar-refractivity contribution < 1.29 is 4.79 Å². The zero-order valence-electron chi connectivity index (χ0n) is 17.9. The van der Waals surface area contributed by atoms with Crippen molar-refractivity contribution >= 4 is 39.9 Å². The Morgan fingerprint density at radius 2 is 1.88 bits per heavy atom. The van der Waals surface area contributed by atoms with Crippen molar-refractivity contribution in [3.05, 3.63) is 59.4 Å². The summed E-state index contributed by atoms with van der Waals surface area (Å²) in [5.74, 6) is 0.829. The molecule has 0 atom stereocenters. The molecule has 9 heteroatoms. The van der Waals surface area contributed by atoms with Crippen molar-refractivity contribution in [2.75, 3.05) is 43.4 Å². The Balaban J connectivity index is 1.36. The number of pyridine rings is 1. The minimum Gasteiger partial charge on any atom is -0.354 e. The maximum absolute atomic E-state index is 12.9. The Bertz CT molecular complexity index is 1280. The van der Waals surface area contributed by atoms with E-state index in [-0.39, 0.29) is 11.9 Å². The molecular formula is C23H23N7OS. The molecular weight excluding hydrogens is 422 g/mol. The Kier molecular flexibility index (Phi) is 5.50. The molecule has 0 unspecified atom stereocenters. The summed E-state index contributed by atoms with van der Waals surface area (Å²) >= 11 is 1.64. The van der Waals surface area contributed by atoms with Crippen LogP contribution in [0.2, 0.25) is 0 Å². The molecule has 0 radical (unpaired) electrons. The fraction of sp³-hybridized carbons (Fsp3) is 0.261. The fourth-order valence-corrected chi connectivity index (χ4v) is 4.41. The number of carbonyl (C=O) groups excluding carboxylic acids is 1. The van der Waals surface area contributed by atoms with Crippen LogP contribution in [0.25, 0.3) is 21.5 Å². The predicted octanol–water partition coefficient (Wildman–Crippen LogP) is 3.46. The van der Waals surface area contributed by atoms with Gasteiger partial charge < -0.3 is 9.80 Å². The van der Waals surface area contributed by atoms with Crippen LogP contribution in [-0.4, -0.2) is 64.0 Å². The van der Waals surface area contributed by atoms with E-state index in [2.05, 4.69) is 42.1 Å². The van der Waals surface area contributed by atoms with E-state index in [1.807, 2.05) is 37.4 Å². The Labute approximate surface area is 190 Å². The second kappa shape index (κ2) is 8.60. The van der Waals surface area contributed by atoms with E-state index in [0.717, 1.165) is 58.3 Å². The lowest BCUT2D eigenvalue weighted by atomic mass is 10.1. The van der Waals surface area contributed by atoms with Gasteiger partial charge in [0.15, 0.2) is 0 Å². The molecule has 1 saturated heterocycles. The first-order valence-electron chi connectivity index (χ1n) is 10.5. The van der Waals surface area contributed by atoms with Crippen molar-refractivity contribution in [2.24, 2.45) is 0 Å². The van der Waals surface area contributed by atoms with Crippen LogP contribution >= 0.6 is 11.3 Å². The van der Waals surface area contributed by atoms with Gasteiger partial charge in [-0.2, -0.15) is 0 Å². The molecule has 4 heterocycles. The number of fused-ring (bicyclic) bond motifs is 1. The van der Waals surface area contributed by atoms with E-state index < -0.39 is 0 Å². The number of hydrogen-bond donors (Lipinski definition) is 1. The first-order chi connectivity index (χ1) is 15.5. The van der Waals surface area contributed by atoms with Gasteiger partial charge in [0.25, 0.3) is 5.91 Å². The lowest BCUT2D eigenvalue weighted by Gasteiger charge is -2.33. The van der Waals surface area contributed by atoms with Crippen LogP contribution in [0.1, 0.15) is 15.2 Å². The summed E-state index contributed by atoms with van der Waals surface area (Å²) in [5, 5.41) is 4.67. The number of aryl methyl sites for hydroxylation is 1. The lowest BCUT2D eigenvalue weighted by molar-refractivity contribution is 0.102. The first-order valence-corrected chi connectivity index (χ1v) is 11.3. The molecule has 0 bridgehead atoms. The molecule has 1 aromatic carbocycles. The van der Waals surface area contributed by atoms with Gasteiger partial charge in [-0.05, 0) is 32.2 Å². The highest BCUT2D eigenvalue weighted by molar-refractivity contribution is 7.14. The van der Waals surface area contributed by atoms with Crippen LogP contribution in [0, 0.1) is 6.92 Å². The van der Waals surface area contributed by atoms with Gasteiger partial charge in [-0.15, -0.1) is 11.3 Å². The van der Waals surface area contributed by atoms with Gasteiger partial charge in [-0.3, -0.25) is 10.1 Å². The number of rotatable bonds is 4. The number of nitrogens with zero attached hydrogens (tertiary/aromatic N) is 6.